The summed E-state index contributed by atoms with van der Waals surface area (Å²) in [5.74, 6) is 0.134. The normalized spacial score (nSPS) is 24.6. The van der Waals surface area contributed by atoms with Crippen molar-refractivity contribution in [2.24, 2.45) is 17.3 Å². The molecule has 3 nitrogen and oxygen atoms in total. The van der Waals surface area contributed by atoms with Crippen LogP contribution in [0.4, 0.5) is 0 Å². The Labute approximate surface area is 121 Å². The molecule has 1 aromatic rings. The fourth-order valence-corrected chi connectivity index (χ4v) is 2.72. The molecule has 1 heterocycles. The monoisotopic (exact) mass is 273 g/mol. The van der Waals surface area contributed by atoms with Crippen molar-refractivity contribution in [3.8, 4) is 0 Å². The van der Waals surface area contributed by atoms with E-state index in [9.17, 15) is 4.79 Å². The molecule has 1 aliphatic rings. The van der Waals surface area contributed by atoms with Crippen molar-refractivity contribution >= 4 is 5.97 Å². The summed E-state index contributed by atoms with van der Waals surface area (Å²) in [6.07, 6.45) is 3.59. The van der Waals surface area contributed by atoms with Crippen LogP contribution in [-0.2, 0) is 9.53 Å². The minimum atomic E-state index is -0.299. The predicted molar refractivity (Wildman–Crippen MR) is 78.9 cm³/mol. The molecule has 0 bridgehead atoms. The van der Waals surface area contributed by atoms with Crippen molar-refractivity contribution in [2.75, 3.05) is 0 Å². The van der Waals surface area contributed by atoms with Crippen LogP contribution in [0.15, 0.2) is 36.0 Å². The summed E-state index contributed by atoms with van der Waals surface area (Å²) in [5.41, 5.74) is 2.03. The number of carbonyl (C=O) groups excluding carboxylic acids is 1. The van der Waals surface area contributed by atoms with E-state index in [-0.39, 0.29) is 29.3 Å². The smallest absolute Gasteiger partial charge is 0.310 e. The van der Waals surface area contributed by atoms with Crippen molar-refractivity contribution < 1.29 is 9.53 Å². The average molecular weight is 273 g/mol. The van der Waals surface area contributed by atoms with E-state index in [0.29, 0.717) is 0 Å². The Bertz CT molecular complexity index is 515. The molecule has 0 saturated heterocycles. The number of pyridine rings is 1. The third-order valence-corrected chi connectivity index (χ3v) is 4.07. The second kappa shape index (κ2) is 5.39. The van der Waals surface area contributed by atoms with Gasteiger partial charge in [0, 0.05) is 6.20 Å². The highest BCUT2D eigenvalue weighted by Crippen LogP contribution is 2.60. The van der Waals surface area contributed by atoms with Crippen LogP contribution in [0.2, 0.25) is 0 Å². The zero-order valence-electron chi connectivity index (χ0n) is 12.9. The van der Waals surface area contributed by atoms with Gasteiger partial charge in [-0.2, -0.15) is 0 Å². The Morgan fingerprint density at radius 3 is 2.65 bits per heavy atom. The molecule has 1 aromatic heterocycles. The third-order valence-electron chi connectivity index (χ3n) is 4.07. The Morgan fingerprint density at radius 2 is 2.10 bits per heavy atom. The Kier molecular flexibility index (Phi) is 3.98. The lowest BCUT2D eigenvalue weighted by molar-refractivity contribution is -0.151. The highest BCUT2D eigenvalue weighted by Gasteiger charge is 2.61. The van der Waals surface area contributed by atoms with Crippen LogP contribution in [0.5, 0.6) is 0 Å². The molecule has 1 saturated carbocycles. The zero-order chi connectivity index (χ0) is 14.9. The number of hydrogen-bond donors (Lipinski definition) is 0. The van der Waals surface area contributed by atoms with E-state index >= 15 is 0 Å². The van der Waals surface area contributed by atoms with Crippen LogP contribution >= 0.6 is 0 Å². The van der Waals surface area contributed by atoms with E-state index in [1.54, 1.807) is 6.20 Å². The lowest BCUT2D eigenvalue weighted by Gasteiger charge is -2.13. The van der Waals surface area contributed by atoms with E-state index in [1.807, 2.05) is 25.1 Å². The number of nitrogens with zero attached hydrogens (tertiary/aromatic N) is 1. The molecule has 20 heavy (non-hydrogen) atoms. The second-order valence-corrected chi connectivity index (χ2v) is 6.40. The van der Waals surface area contributed by atoms with Crippen LogP contribution in [-0.4, -0.2) is 11.0 Å². The first-order valence-electron chi connectivity index (χ1n) is 7.10. The summed E-state index contributed by atoms with van der Waals surface area (Å²) in [4.78, 5) is 16.5. The summed E-state index contributed by atoms with van der Waals surface area (Å²) in [6, 6.07) is 5.64. The van der Waals surface area contributed by atoms with Crippen molar-refractivity contribution in [3.63, 3.8) is 0 Å². The van der Waals surface area contributed by atoms with Crippen molar-refractivity contribution in [1.29, 1.82) is 0 Å². The van der Waals surface area contributed by atoms with Crippen molar-refractivity contribution in [3.05, 3.63) is 41.7 Å². The maximum Gasteiger partial charge on any atom is 0.310 e. The molecule has 3 atom stereocenters. The molecule has 0 radical (unpaired) electrons. The molecule has 1 fully saturated rings. The van der Waals surface area contributed by atoms with Gasteiger partial charge in [0.15, 0.2) is 0 Å². The maximum absolute atomic E-state index is 12.3. The largest absolute Gasteiger partial charge is 0.456 e. The van der Waals surface area contributed by atoms with Gasteiger partial charge in [-0.1, -0.05) is 31.6 Å². The van der Waals surface area contributed by atoms with Crippen LogP contribution in [0, 0.1) is 17.3 Å². The summed E-state index contributed by atoms with van der Waals surface area (Å²) in [5, 5.41) is 0. The molecule has 1 aliphatic carbocycles. The molecule has 3 heteroatoms. The van der Waals surface area contributed by atoms with Gasteiger partial charge in [0.25, 0.3) is 0 Å². The summed E-state index contributed by atoms with van der Waals surface area (Å²) >= 11 is 0. The quantitative estimate of drug-likeness (QED) is 0.616. The third kappa shape index (κ3) is 2.92. The average Bonchev–Trinajstić information content (AvgIpc) is 2.91. The lowest BCUT2D eigenvalue weighted by Crippen LogP contribution is -2.14. The van der Waals surface area contributed by atoms with Crippen LogP contribution in [0.25, 0.3) is 0 Å². The molecular formula is C17H23NO2. The number of aromatic nitrogens is 1. The Hall–Kier alpha value is -1.64. The van der Waals surface area contributed by atoms with Crippen molar-refractivity contribution in [1.82, 2.24) is 4.98 Å². The first-order valence-corrected chi connectivity index (χ1v) is 7.10. The van der Waals surface area contributed by atoms with E-state index in [2.05, 4.69) is 38.8 Å². The molecule has 3 unspecified atom stereocenters. The van der Waals surface area contributed by atoms with Crippen LogP contribution in [0.3, 0.4) is 0 Å². The van der Waals surface area contributed by atoms with Crippen LogP contribution < -0.4 is 0 Å². The minimum absolute atomic E-state index is 0.00180. The van der Waals surface area contributed by atoms with Gasteiger partial charge in [-0.3, -0.25) is 9.78 Å². The highest BCUT2D eigenvalue weighted by atomic mass is 16.5. The Morgan fingerprint density at radius 1 is 1.40 bits per heavy atom. The maximum atomic E-state index is 12.3. The Balaban J connectivity index is 2.02. The predicted octanol–water partition coefficient (Wildman–Crippen LogP) is 3.92. The fraction of sp³-hybridized carbons (Fsp3) is 0.529. The van der Waals surface area contributed by atoms with Gasteiger partial charge in [-0.05, 0) is 44.2 Å². The molecule has 108 valence electrons. The lowest BCUT2D eigenvalue weighted by atomic mass is 10.1. The molecule has 0 spiro atoms. The summed E-state index contributed by atoms with van der Waals surface area (Å²) in [6.45, 7) is 10.2. The van der Waals surface area contributed by atoms with Gasteiger partial charge in [0.2, 0.25) is 0 Å². The SMILES string of the molecule is CC(C)=CC1C(C(=O)OC(C)c2ccccn2)C1(C)C. The molecule has 0 amide bonds. The first-order chi connectivity index (χ1) is 9.34. The van der Waals surface area contributed by atoms with Gasteiger partial charge in [0.05, 0.1) is 11.6 Å². The van der Waals surface area contributed by atoms with Gasteiger partial charge in [0.1, 0.15) is 6.10 Å². The van der Waals surface area contributed by atoms with E-state index in [0.717, 1.165) is 5.69 Å². The number of ether oxygens (including phenoxy) is 1. The zero-order valence-corrected chi connectivity index (χ0v) is 12.9. The van der Waals surface area contributed by atoms with Crippen molar-refractivity contribution in [2.45, 2.75) is 40.7 Å². The number of esters is 1. The molecule has 2 rings (SSSR count). The number of allylic oxidation sites excluding steroid dienone is 2. The van der Waals surface area contributed by atoms with E-state index in [4.69, 9.17) is 4.74 Å². The topological polar surface area (TPSA) is 39.2 Å². The first kappa shape index (κ1) is 14.8. The van der Waals surface area contributed by atoms with Crippen LogP contribution in [0.1, 0.15) is 46.4 Å². The van der Waals surface area contributed by atoms with E-state index < -0.39 is 0 Å². The van der Waals surface area contributed by atoms with Gasteiger partial charge >= 0.3 is 5.97 Å². The molecule has 0 N–H and O–H groups in total. The number of carbonyl (C=O) groups is 1. The highest BCUT2D eigenvalue weighted by molar-refractivity contribution is 5.78. The van der Waals surface area contributed by atoms with Gasteiger partial charge in [-0.25, -0.2) is 0 Å². The minimum Gasteiger partial charge on any atom is -0.456 e. The summed E-state index contributed by atoms with van der Waals surface area (Å²) < 4.78 is 5.58. The van der Waals surface area contributed by atoms with Gasteiger partial charge in [-0.15, -0.1) is 0 Å². The van der Waals surface area contributed by atoms with Gasteiger partial charge < -0.3 is 4.74 Å². The number of hydrogen-bond acceptors (Lipinski definition) is 3. The molecular weight excluding hydrogens is 250 g/mol. The standard InChI is InChI=1S/C17H23NO2/c1-11(2)10-13-15(17(13,4)5)16(19)20-12(3)14-8-6-7-9-18-14/h6-10,12-13,15H,1-5H3. The second-order valence-electron chi connectivity index (χ2n) is 6.40. The molecule has 0 aromatic carbocycles. The van der Waals surface area contributed by atoms with E-state index in [1.165, 1.54) is 5.57 Å². The summed E-state index contributed by atoms with van der Waals surface area (Å²) in [7, 11) is 0. The molecule has 0 aliphatic heterocycles. The number of rotatable bonds is 4. The fourth-order valence-electron chi connectivity index (χ4n) is 2.72.